The van der Waals surface area contributed by atoms with Crippen LogP contribution < -0.4 is 10.5 Å². The fraction of sp³-hybridized carbons (Fsp3) is 0.346. The molecule has 5 rings (SSSR count). The largest absolute Gasteiger partial charge is 0.492 e. The van der Waals surface area contributed by atoms with E-state index >= 15 is 0 Å². The highest BCUT2D eigenvalue weighted by atomic mass is 32.2. The molecule has 8 heteroatoms. The highest BCUT2D eigenvalue weighted by molar-refractivity contribution is 7.91. The molecule has 1 atom stereocenters. The third-order valence-corrected chi connectivity index (χ3v) is 8.49. The molecule has 178 valence electrons. The first-order chi connectivity index (χ1) is 16.4. The second-order valence-corrected chi connectivity index (χ2v) is 11.4. The summed E-state index contributed by atoms with van der Waals surface area (Å²) in [5, 5.41) is 11.1. The number of hydrogen-bond donors (Lipinski definition) is 2. The molecule has 3 aromatic rings. The van der Waals surface area contributed by atoms with Crippen LogP contribution >= 0.6 is 0 Å². The van der Waals surface area contributed by atoms with Crippen molar-refractivity contribution in [3.05, 3.63) is 77.5 Å². The van der Waals surface area contributed by atoms with Gasteiger partial charge in [0.05, 0.1) is 11.5 Å². The van der Waals surface area contributed by atoms with Gasteiger partial charge in [-0.05, 0) is 47.6 Å². The molecule has 2 aliphatic rings. The lowest BCUT2D eigenvalue weighted by molar-refractivity contribution is -0.00215. The van der Waals surface area contributed by atoms with E-state index in [9.17, 15) is 13.5 Å². The van der Waals surface area contributed by atoms with Crippen molar-refractivity contribution in [2.75, 3.05) is 30.4 Å². The van der Waals surface area contributed by atoms with Crippen molar-refractivity contribution in [2.45, 2.75) is 31.5 Å². The summed E-state index contributed by atoms with van der Waals surface area (Å²) in [4.78, 5) is 6.40. The zero-order valence-corrected chi connectivity index (χ0v) is 19.7. The van der Waals surface area contributed by atoms with Crippen LogP contribution in [0.5, 0.6) is 5.75 Å². The molecule has 1 fully saturated rings. The Hall–Kier alpha value is -2.94. The van der Waals surface area contributed by atoms with Crippen LogP contribution in [0.25, 0.3) is 11.1 Å². The van der Waals surface area contributed by atoms with Crippen LogP contribution in [0.4, 0.5) is 5.82 Å². The van der Waals surface area contributed by atoms with Gasteiger partial charge in [0.25, 0.3) is 0 Å². The molecule has 0 bridgehead atoms. The van der Waals surface area contributed by atoms with Crippen LogP contribution in [0.1, 0.15) is 41.7 Å². The summed E-state index contributed by atoms with van der Waals surface area (Å²) >= 11 is 0. The number of benzene rings is 2. The van der Waals surface area contributed by atoms with Gasteiger partial charge in [-0.2, -0.15) is 0 Å². The minimum absolute atomic E-state index is 0.154. The molecule has 2 aliphatic heterocycles. The molecule has 1 saturated heterocycles. The molecule has 0 spiro atoms. The second kappa shape index (κ2) is 9.37. The number of sulfone groups is 1. The van der Waals surface area contributed by atoms with Gasteiger partial charge in [0.15, 0.2) is 0 Å². The van der Waals surface area contributed by atoms with E-state index in [0.717, 1.165) is 27.8 Å². The van der Waals surface area contributed by atoms with E-state index in [1.165, 1.54) is 0 Å². The minimum atomic E-state index is -2.93. The summed E-state index contributed by atoms with van der Waals surface area (Å²) < 4.78 is 29.7. The van der Waals surface area contributed by atoms with Crippen LogP contribution in [0.3, 0.4) is 0 Å². The van der Waals surface area contributed by atoms with E-state index in [0.29, 0.717) is 44.1 Å². The number of nitrogens with two attached hydrogens (primary N) is 1. The number of aliphatic hydroxyl groups is 1. The Labute approximate surface area is 200 Å². The fourth-order valence-corrected chi connectivity index (χ4v) is 6.28. The molecule has 0 saturated carbocycles. The fourth-order valence-electron chi connectivity index (χ4n) is 4.78. The Kier molecular flexibility index (Phi) is 6.29. The highest BCUT2D eigenvalue weighted by Gasteiger charge is 2.27. The van der Waals surface area contributed by atoms with Crippen molar-refractivity contribution in [2.24, 2.45) is 0 Å². The first-order valence-electron chi connectivity index (χ1n) is 11.6. The van der Waals surface area contributed by atoms with Crippen LogP contribution in [-0.2, 0) is 16.4 Å². The Bertz CT molecular complexity index is 1270. The summed E-state index contributed by atoms with van der Waals surface area (Å²) in [6, 6.07) is 17.8. The second-order valence-electron chi connectivity index (χ2n) is 9.06. The van der Waals surface area contributed by atoms with E-state index in [2.05, 4.69) is 4.98 Å². The van der Waals surface area contributed by atoms with Gasteiger partial charge in [-0.3, -0.25) is 4.90 Å². The van der Waals surface area contributed by atoms with Crippen molar-refractivity contribution in [1.29, 1.82) is 0 Å². The van der Waals surface area contributed by atoms with Crippen molar-refractivity contribution in [3.63, 3.8) is 0 Å². The van der Waals surface area contributed by atoms with Gasteiger partial charge in [-0.25, -0.2) is 13.4 Å². The molecular weight excluding hydrogens is 450 g/mol. The number of pyridine rings is 1. The Morgan fingerprint density at radius 1 is 1.09 bits per heavy atom. The average Bonchev–Trinajstić information content (AvgIpc) is 2.98. The smallest absolute Gasteiger partial charge is 0.150 e. The predicted octanol–water partition coefficient (Wildman–Crippen LogP) is 3.51. The number of ether oxygens (including phenoxy) is 1. The Morgan fingerprint density at radius 3 is 2.62 bits per heavy atom. The van der Waals surface area contributed by atoms with E-state index in [1.54, 1.807) is 6.20 Å². The number of hydrogen-bond acceptors (Lipinski definition) is 7. The van der Waals surface area contributed by atoms with Crippen LogP contribution in [-0.4, -0.2) is 48.1 Å². The van der Waals surface area contributed by atoms with Crippen LogP contribution in [0, 0.1) is 0 Å². The third kappa shape index (κ3) is 4.80. The zero-order valence-electron chi connectivity index (χ0n) is 18.9. The van der Waals surface area contributed by atoms with Crippen LogP contribution in [0.15, 0.2) is 60.8 Å². The van der Waals surface area contributed by atoms with Crippen molar-refractivity contribution < 1.29 is 18.3 Å². The van der Waals surface area contributed by atoms with Gasteiger partial charge < -0.3 is 15.6 Å². The van der Waals surface area contributed by atoms with E-state index in [1.807, 2.05) is 59.5 Å². The Morgan fingerprint density at radius 2 is 1.85 bits per heavy atom. The van der Waals surface area contributed by atoms with Gasteiger partial charge in [0.1, 0.15) is 34.2 Å². The quantitative estimate of drug-likeness (QED) is 0.590. The van der Waals surface area contributed by atoms with Crippen molar-refractivity contribution >= 4 is 15.7 Å². The van der Waals surface area contributed by atoms with Gasteiger partial charge in [0.2, 0.25) is 0 Å². The number of aromatic nitrogens is 1. The maximum atomic E-state index is 11.8. The van der Waals surface area contributed by atoms with Gasteiger partial charge in [0, 0.05) is 30.4 Å². The molecule has 7 nitrogen and oxygen atoms in total. The first-order valence-corrected chi connectivity index (χ1v) is 13.4. The number of nitrogens with zero attached hydrogens (tertiary/aromatic N) is 2. The van der Waals surface area contributed by atoms with E-state index in [4.69, 9.17) is 10.5 Å². The molecule has 3 N–H and O–H groups in total. The van der Waals surface area contributed by atoms with E-state index in [-0.39, 0.29) is 17.4 Å². The van der Waals surface area contributed by atoms with Gasteiger partial charge in [-0.15, -0.1) is 0 Å². The molecule has 0 radical (unpaired) electrons. The lowest BCUT2D eigenvalue weighted by Gasteiger charge is -2.25. The zero-order chi connectivity index (χ0) is 23.7. The lowest BCUT2D eigenvalue weighted by atomic mass is 9.92. The van der Waals surface area contributed by atoms with Crippen molar-refractivity contribution in [1.82, 2.24) is 9.88 Å². The maximum Gasteiger partial charge on any atom is 0.150 e. The number of aliphatic hydroxyl groups excluding tert-OH is 1. The first kappa shape index (κ1) is 22.8. The number of rotatable bonds is 4. The number of fused-ring (bicyclic) bond motifs is 1. The SMILES string of the molecule is Nc1ncc(C2CCS(=O)(=O)CC2)cc1-c1ccc2c(c1)OCCN(Cc1ccccc1)C2O. The minimum Gasteiger partial charge on any atom is -0.492 e. The monoisotopic (exact) mass is 479 g/mol. The normalized spacial score (nSPS) is 20.8. The lowest BCUT2D eigenvalue weighted by Crippen LogP contribution is -2.29. The summed E-state index contributed by atoms with van der Waals surface area (Å²) in [6.07, 6.45) is 2.18. The summed E-state index contributed by atoms with van der Waals surface area (Å²) in [5.74, 6) is 1.62. The number of nitrogen functional groups attached to an aromatic ring is 1. The third-order valence-electron chi connectivity index (χ3n) is 6.78. The van der Waals surface area contributed by atoms with Gasteiger partial charge in [-0.1, -0.05) is 42.5 Å². The maximum absolute atomic E-state index is 11.8. The molecule has 3 heterocycles. The van der Waals surface area contributed by atoms with Gasteiger partial charge >= 0.3 is 0 Å². The molecular formula is C26H29N3O4S. The Balaban J connectivity index is 1.41. The molecule has 1 aromatic heterocycles. The standard InChI is InChI=1S/C26H29N3O4S/c27-25-23(14-21(16-28-25)19-8-12-34(31,32)13-9-19)20-6-7-22-24(15-20)33-11-10-29(26(22)30)17-18-4-2-1-3-5-18/h1-7,14-16,19,26,30H,8-13,17H2,(H2,27,28). The molecule has 2 aromatic carbocycles. The van der Waals surface area contributed by atoms with Crippen molar-refractivity contribution in [3.8, 4) is 16.9 Å². The summed E-state index contributed by atoms with van der Waals surface area (Å²) in [6.45, 7) is 1.69. The average molecular weight is 480 g/mol. The molecule has 0 amide bonds. The van der Waals surface area contributed by atoms with E-state index < -0.39 is 16.1 Å². The topological polar surface area (TPSA) is 106 Å². The highest BCUT2D eigenvalue weighted by Crippen LogP contribution is 2.38. The summed E-state index contributed by atoms with van der Waals surface area (Å²) in [7, 11) is -2.93. The molecule has 1 unspecified atom stereocenters. The molecule has 34 heavy (non-hydrogen) atoms. The number of anilines is 1. The van der Waals surface area contributed by atoms with Crippen LogP contribution in [0.2, 0.25) is 0 Å². The summed E-state index contributed by atoms with van der Waals surface area (Å²) in [5.41, 5.74) is 10.7. The molecule has 0 aliphatic carbocycles. The predicted molar refractivity (Wildman–Crippen MR) is 132 cm³/mol.